The van der Waals surface area contributed by atoms with E-state index in [9.17, 15) is 8.78 Å². The van der Waals surface area contributed by atoms with Crippen LogP contribution in [0.5, 0.6) is 5.75 Å². The highest BCUT2D eigenvalue weighted by molar-refractivity contribution is 9.10. The number of hydrogen-bond donors (Lipinski definition) is 1. The summed E-state index contributed by atoms with van der Waals surface area (Å²) in [6.07, 6.45) is 0. The Balaban J connectivity index is 2.15. The predicted molar refractivity (Wildman–Crippen MR) is 80.6 cm³/mol. The molecule has 2 aromatic carbocycles. The number of nitrogens with zero attached hydrogens (tertiary/aromatic N) is 1. The molecule has 0 aliphatic heterocycles. The Labute approximate surface area is 128 Å². The third-order valence-corrected chi connectivity index (χ3v) is 3.56. The number of hydrogen-bond acceptors (Lipinski definition) is 2. The van der Waals surface area contributed by atoms with Gasteiger partial charge in [-0.3, -0.25) is 0 Å². The van der Waals surface area contributed by atoms with Gasteiger partial charge in [-0.05, 0) is 36.8 Å². The standard InChI is InChI=1S/C15H11BrF2N2O/c1-8-6-9(16)7-11-13(8)20-14(19-11)10-4-2-3-5-12(10)21-15(17)18/h2-7,15H,1H3,(H,19,20). The van der Waals surface area contributed by atoms with E-state index in [4.69, 9.17) is 0 Å². The first-order chi connectivity index (χ1) is 10.0. The molecule has 3 aromatic rings. The van der Waals surface area contributed by atoms with E-state index in [-0.39, 0.29) is 5.75 Å². The average Bonchev–Trinajstić information content (AvgIpc) is 2.82. The number of aryl methyl sites for hydroxylation is 1. The minimum Gasteiger partial charge on any atom is -0.434 e. The van der Waals surface area contributed by atoms with Crippen molar-refractivity contribution >= 4 is 27.0 Å². The van der Waals surface area contributed by atoms with Gasteiger partial charge in [0.15, 0.2) is 0 Å². The highest BCUT2D eigenvalue weighted by Gasteiger charge is 2.14. The number of para-hydroxylation sites is 1. The SMILES string of the molecule is Cc1cc(Br)cc2[nH]c(-c3ccccc3OC(F)F)nc12. The summed E-state index contributed by atoms with van der Waals surface area (Å²) in [7, 11) is 0. The van der Waals surface area contributed by atoms with Gasteiger partial charge in [0.1, 0.15) is 11.6 Å². The predicted octanol–water partition coefficient (Wildman–Crippen LogP) is 4.90. The lowest BCUT2D eigenvalue weighted by atomic mass is 10.2. The molecule has 0 saturated carbocycles. The van der Waals surface area contributed by atoms with Gasteiger partial charge in [0, 0.05) is 4.47 Å². The number of imidazole rings is 1. The zero-order valence-electron chi connectivity index (χ0n) is 11.0. The number of alkyl halides is 2. The lowest BCUT2D eigenvalue weighted by Gasteiger charge is -2.08. The molecular weight excluding hydrogens is 342 g/mol. The van der Waals surface area contributed by atoms with Crippen LogP contribution in [-0.2, 0) is 0 Å². The Morgan fingerprint density at radius 1 is 1.24 bits per heavy atom. The normalized spacial score (nSPS) is 11.3. The van der Waals surface area contributed by atoms with E-state index in [2.05, 4.69) is 30.6 Å². The van der Waals surface area contributed by atoms with E-state index >= 15 is 0 Å². The zero-order valence-corrected chi connectivity index (χ0v) is 12.6. The van der Waals surface area contributed by atoms with Gasteiger partial charge < -0.3 is 9.72 Å². The summed E-state index contributed by atoms with van der Waals surface area (Å²) in [4.78, 5) is 7.63. The molecule has 0 aliphatic carbocycles. The molecule has 0 saturated heterocycles. The number of benzene rings is 2. The highest BCUT2D eigenvalue weighted by Crippen LogP contribution is 2.32. The molecule has 0 spiro atoms. The average molecular weight is 353 g/mol. The molecule has 3 rings (SSSR count). The monoisotopic (exact) mass is 352 g/mol. The molecule has 3 nitrogen and oxygen atoms in total. The van der Waals surface area contributed by atoms with Crippen LogP contribution in [0.25, 0.3) is 22.4 Å². The summed E-state index contributed by atoms with van der Waals surface area (Å²) >= 11 is 3.42. The Morgan fingerprint density at radius 2 is 2.00 bits per heavy atom. The molecule has 0 amide bonds. The van der Waals surface area contributed by atoms with Crippen LogP contribution >= 0.6 is 15.9 Å². The van der Waals surface area contributed by atoms with Gasteiger partial charge in [0.05, 0.1) is 16.6 Å². The van der Waals surface area contributed by atoms with Gasteiger partial charge in [0.25, 0.3) is 0 Å². The van der Waals surface area contributed by atoms with Crippen molar-refractivity contribution < 1.29 is 13.5 Å². The summed E-state index contributed by atoms with van der Waals surface area (Å²) < 4.78 is 30.4. The Bertz CT molecular complexity index is 801. The van der Waals surface area contributed by atoms with Gasteiger partial charge in [-0.15, -0.1) is 0 Å². The highest BCUT2D eigenvalue weighted by atomic mass is 79.9. The van der Waals surface area contributed by atoms with Gasteiger partial charge in [-0.2, -0.15) is 8.78 Å². The first kappa shape index (κ1) is 14.0. The fourth-order valence-electron chi connectivity index (χ4n) is 2.24. The number of nitrogens with one attached hydrogen (secondary N) is 1. The number of H-pyrrole nitrogens is 1. The van der Waals surface area contributed by atoms with Crippen molar-refractivity contribution in [3.63, 3.8) is 0 Å². The van der Waals surface area contributed by atoms with E-state index in [0.29, 0.717) is 11.4 Å². The molecule has 1 heterocycles. The lowest BCUT2D eigenvalue weighted by molar-refractivity contribution is -0.0494. The second-order valence-corrected chi connectivity index (χ2v) is 5.49. The second-order valence-electron chi connectivity index (χ2n) is 4.58. The fraction of sp³-hybridized carbons (Fsp3) is 0.133. The molecule has 1 aromatic heterocycles. The van der Waals surface area contributed by atoms with Crippen molar-refractivity contribution in [2.75, 3.05) is 0 Å². The summed E-state index contributed by atoms with van der Waals surface area (Å²) in [6.45, 7) is -0.925. The molecular formula is C15H11BrF2N2O. The lowest BCUT2D eigenvalue weighted by Crippen LogP contribution is -2.03. The number of ether oxygens (including phenoxy) is 1. The van der Waals surface area contributed by atoms with Crippen LogP contribution in [0.2, 0.25) is 0 Å². The Kier molecular flexibility index (Phi) is 3.63. The van der Waals surface area contributed by atoms with Crippen LogP contribution in [0.15, 0.2) is 40.9 Å². The maximum Gasteiger partial charge on any atom is 0.387 e. The molecule has 0 bridgehead atoms. The smallest absolute Gasteiger partial charge is 0.387 e. The van der Waals surface area contributed by atoms with Crippen molar-refractivity contribution in [3.05, 3.63) is 46.4 Å². The molecule has 108 valence electrons. The second kappa shape index (κ2) is 5.44. The number of aromatic nitrogens is 2. The van der Waals surface area contributed by atoms with E-state index < -0.39 is 6.61 Å². The molecule has 0 atom stereocenters. The van der Waals surface area contributed by atoms with Crippen LogP contribution in [0.1, 0.15) is 5.56 Å². The number of fused-ring (bicyclic) bond motifs is 1. The maximum atomic E-state index is 12.5. The number of aromatic amines is 1. The van der Waals surface area contributed by atoms with Crippen molar-refractivity contribution in [1.82, 2.24) is 9.97 Å². The third-order valence-electron chi connectivity index (χ3n) is 3.10. The molecule has 21 heavy (non-hydrogen) atoms. The number of halogens is 3. The van der Waals surface area contributed by atoms with E-state index in [1.165, 1.54) is 6.07 Å². The molecule has 0 fully saturated rings. The van der Waals surface area contributed by atoms with E-state index in [0.717, 1.165) is 21.1 Å². The van der Waals surface area contributed by atoms with Gasteiger partial charge in [-0.1, -0.05) is 28.1 Å². The van der Waals surface area contributed by atoms with Crippen LogP contribution in [0.4, 0.5) is 8.78 Å². The quantitative estimate of drug-likeness (QED) is 0.727. The van der Waals surface area contributed by atoms with E-state index in [1.807, 2.05) is 19.1 Å². The fourth-order valence-corrected chi connectivity index (χ4v) is 2.81. The molecule has 6 heteroatoms. The van der Waals surface area contributed by atoms with Gasteiger partial charge in [-0.25, -0.2) is 4.98 Å². The first-order valence-electron chi connectivity index (χ1n) is 6.24. The van der Waals surface area contributed by atoms with Crippen molar-refractivity contribution in [1.29, 1.82) is 0 Å². The zero-order chi connectivity index (χ0) is 15.0. The van der Waals surface area contributed by atoms with Crippen molar-refractivity contribution in [3.8, 4) is 17.1 Å². The van der Waals surface area contributed by atoms with Crippen LogP contribution in [0, 0.1) is 6.92 Å². The maximum absolute atomic E-state index is 12.5. The van der Waals surface area contributed by atoms with Gasteiger partial charge in [0.2, 0.25) is 0 Å². The van der Waals surface area contributed by atoms with Gasteiger partial charge >= 0.3 is 6.61 Å². The first-order valence-corrected chi connectivity index (χ1v) is 7.04. The minimum atomic E-state index is -2.87. The summed E-state index contributed by atoms with van der Waals surface area (Å²) in [6, 6.07) is 10.4. The van der Waals surface area contributed by atoms with Crippen molar-refractivity contribution in [2.24, 2.45) is 0 Å². The summed E-state index contributed by atoms with van der Waals surface area (Å²) in [5, 5.41) is 0. The summed E-state index contributed by atoms with van der Waals surface area (Å²) in [5.74, 6) is 0.603. The van der Waals surface area contributed by atoms with Crippen LogP contribution < -0.4 is 4.74 Å². The molecule has 0 radical (unpaired) electrons. The van der Waals surface area contributed by atoms with Crippen LogP contribution in [-0.4, -0.2) is 16.6 Å². The molecule has 1 N–H and O–H groups in total. The largest absolute Gasteiger partial charge is 0.434 e. The molecule has 0 aliphatic rings. The summed E-state index contributed by atoms with van der Waals surface area (Å²) in [5.41, 5.74) is 3.14. The van der Waals surface area contributed by atoms with E-state index in [1.54, 1.807) is 18.2 Å². The Morgan fingerprint density at radius 3 is 2.76 bits per heavy atom. The number of rotatable bonds is 3. The topological polar surface area (TPSA) is 37.9 Å². The Hall–Kier alpha value is -1.95. The van der Waals surface area contributed by atoms with Crippen molar-refractivity contribution in [2.45, 2.75) is 13.5 Å². The van der Waals surface area contributed by atoms with Crippen LogP contribution in [0.3, 0.4) is 0 Å². The minimum absolute atomic E-state index is 0.100. The third kappa shape index (κ3) is 2.76. The molecule has 0 unspecified atom stereocenters.